The van der Waals surface area contributed by atoms with Crippen molar-refractivity contribution < 1.29 is 3.89 Å². The molecule has 58 valence electrons. The molecule has 3 nitrogen and oxygen atoms in total. The zero-order valence-electron chi connectivity index (χ0n) is 4.88. The Morgan fingerprint density at radius 1 is 1.64 bits per heavy atom. The van der Waals surface area contributed by atoms with Gasteiger partial charge in [0.1, 0.15) is 20.8 Å². The third-order valence-corrected chi connectivity index (χ3v) is 2.85. The van der Waals surface area contributed by atoms with E-state index in [1.54, 1.807) is 0 Å². The third-order valence-electron chi connectivity index (χ3n) is 0.936. The fourth-order valence-electron chi connectivity index (χ4n) is 0.492. The Balaban J connectivity index is 3.28. The smallest absolute Gasteiger partial charge is 0.188 e. The van der Waals surface area contributed by atoms with Crippen molar-refractivity contribution in [3.63, 3.8) is 0 Å². The maximum Gasteiger partial charge on any atom is 0.188 e. The number of halogens is 3. The maximum atomic E-state index is 12.0. The van der Waals surface area contributed by atoms with Gasteiger partial charge in [0.25, 0.3) is 0 Å². The van der Waals surface area contributed by atoms with Crippen LogP contribution in [0.4, 0.5) is 3.89 Å². The first-order valence-corrected chi connectivity index (χ1v) is 4.60. The lowest BCUT2D eigenvalue weighted by atomic mass is 10.4. The molecule has 0 saturated heterocycles. The fraction of sp³-hybridized carbons (Fsp3) is 0. The van der Waals surface area contributed by atoms with Crippen LogP contribution in [-0.4, -0.2) is 9.19 Å². The molecule has 1 heterocycles. The van der Waals surface area contributed by atoms with Crippen molar-refractivity contribution in [3.8, 4) is 6.07 Å². The number of rotatable bonds is 1. The van der Waals surface area contributed by atoms with Crippen LogP contribution < -0.4 is 0 Å². The van der Waals surface area contributed by atoms with Crippen molar-refractivity contribution in [2.24, 2.45) is 0 Å². The average molecular weight is 301 g/mol. The summed E-state index contributed by atoms with van der Waals surface area (Å²) in [5, 5.41) is 12.2. The minimum Gasteiger partial charge on any atom is -0.192 e. The monoisotopic (exact) mass is 299 g/mol. The third kappa shape index (κ3) is 1.58. The molecule has 0 bridgehead atoms. The van der Waals surface area contributed by atoms with E-state index >= 15 is 0 Å². The van der Waals surface area contributed by atoms with E-state index < -0.39 is 0 Å². The second kappa shape index (κ2) is 3.56. The number of hydrogen-bond donors (Lipinski definition) is 0. The molecule has 0 fully saturated rings. The molecule has 0 aliphatic carbocycles. The van der Waals surface area contributed by atoms with Crippen molar-refractivity contribution in [1.29, 1.82) is 5.26 Å². The first-order valence-electron chi connectivity index (χ1n) is 2.34. The van der Waals surface area contributed by atoms with Crippen LogP contribution in [0.3, 0.4) is 0 Å². The van der Waals surface area contributed by atoms with E-state index in [4.69, 9.17) is 5.26 Å². The van der Waals surface area contributed by atoms with Crippen molar-refractivity contribution in [3.05, 3.63) is 14.8 Å². The summed E-state index contributed by atoms with van der Waals surface area (Å²) in [5.41, 5.74) is 0.287. The molecule has 1 rings (SSSR count). The van der Waals surface area contributed by atoms with Crippen molar-refractivity contribution in [2.75, 3.05) is 0 Å². The van der Waals surface area contributed by atoms with Gasteiger partial charge in [0.05, 0.1) is 0 Å². The zero-order chi connectivity index (χ0) is 8.43. The van der Waals surface area contributed by atoms with E-state index in [9.17, 15) is 3.89 Å². The van der Waals surface area contributed by atoms with Gasteiger partial charge in [0.2, 0.25) is 0 Å². The van der Waals surface area contributed by atoms with Crippen molar-refractivity contribution in [2.45, 2.75) is 0 Å². The molecule has 0 unspecified atom stereocenters. The van der Waals surface area contributed by atoms with E-state index in [0.717, 1.165) is 4.09 Å². The Morgan fingerprint density at radius 3 is 2.55 bits per heavy atom. The van der Waals surface area contributed by atoms with Crippen LogP contribution in [-0.2, 0) is 0 Å². The summed E-state index contributed by atoms with van der Waals surface area (Å²) < 4.78 is 13.6. The van der Waals surface area contributed by atoms with Crippen LogP contribution in [0, 0.1) is 11.3 Å². The summed E-state index contributed by atoms with van der Waals surface area (Å²) in [7, 11) is 0. The van der Waals surface area contributed by atoms with Crippen LogP contribution in [0.15, 0.2) is 9.21 Å². The van der Waals surface area contributed by atoms with Crippen LogP contribution in [0.5, 0.6) is 0 Å². The summed E-state index contributed by atoms with van der Waals surface area (Å²) in [5.74, 6) is 0. The molecule has 0 amide bonds. The SMILES string of the molecule is N#Cc1c(Br)nn(SF)c1Br. The maximum absolute atomic E-state index is 12.0. The van der Waals surface area contributed by atoms with Crippen LogP contribution in [0.25, 0.3) is 0 Å². The van der Waals surface area contributed by atoms with Gasteiger partial charge in [-0.1, -0.05) is 0 Å². The normalized spacial score (nSPS) is 9.64. The molecule has 0 radical (unpaired) electrons. The Labute approximate surface area is 83.3 Å². The van der Waals surface area contributed by atoms with Gasteiger partial charge in [-0.2, -0.15) is 14.4 Å². The van der Waals surface area contributed by atoms with Gasteiger partial charge in [-0.3, -0.25) is 0 Å². The summed E-state index contributed by atoms with van der Waals surface area (Å²) in [6.07, 6.45) is 0. The van der Waals surface area contributed by atoms with Crippen LogP contribution in [0.2, 0.25) is 0 Å². The first-order chi connectivity index (χ1) is 5.20. The van der Waals surface area contributed by atoms with Gasteiger partial charge in [-0.15, -0.1) is 3.89 Å². The molecule has 0 saturated carbocycles. The minimum atomic E-state index is -0.0766. The summed E-state index contributed by atoms with van der Waals surface area (Å²) >= 11 is 5.94. The molecule has 0 aromatic carbocycles. The van der Waals surface area contributed by atoms with Crippen molar-refractivity contribution >= 4 is 44.2 Å². The highest BCUT2D eigenvalue weighted by molar-refractivity contribution is 9.11. The van der Waals surface area contributed by atoms with E-state index in [2.05, 4.69) is 37.0 Å². The lowest BCUT2D eigenvalue weighted by Crippen LogP contribution is -1.84. The largest absolute Gasteiger partial charge is 0.192 e. The highest BCUT2D eigenvalue weighted by Gasteiger charge is 2.13. The van der Waals surface area contributed by atoms with Gasteiger partial charge < -0.3 is 0 Å². The Hall–Kier alpha value is -0.0600. The van der Waals surface area contributed by atoms with Crippen LogP contribution in [0.1, 0.15) is 5.56 Å². The first kappa shape index (κ1) is 9.03. The predicted octanol–water partition coefficient (Wildman–Crippen LogP) is 2.66. The fourth-order valence-corrected chi connectivity index (χ4v) is 2.08. The highest BCUT2D eigenvalue weighted by Crippen LogP contribution is 2.27. The molecule has 1 aromatic heterocycles. The van der Waals surface area contributed by atoms with Crippen LogP contribution >= 0.6 is 44.2 Å². The van der Waals surface area contributed by atoms with E-state index in [0.29, 0.717) is 9.21 Å². The minimum absolute atomic E-state index is 0.0766. The second-order valence-electron chi connectivity index (χ2n) is 1.51. The number of hydrogen-bond acceptors (Lipinski definition) is 3. The molecule has 0 aliphatic heterocycles. The molecule has 0 atom stereocenters. The Kier molecular flexibility index (Phi) is 2.92. The molecule has 0 aliphatic rings. The molecule has 0 N–H and O–H groups in total. The van der Waals surface area contributed by atoms with Gasteiger partial charge in [-0.25, -0.2) is 0 Å². The van der Waals surface area contributed by atoms with Gasteiger partial charge in [0, 0.05) is 0 Å². The molecule has 1 aromatic rings. The average Bonchev–Trinajstić information content (AvgIpc) is 2.26. The van der Waals surface area contributed by atoms with Gasteiger partial charge >= 0.3 is 0 Å². The van der Waals surface area contributed by atoms with Crippen molar-refractivity contribution in [1.82, 2.24) is 9.19 Å². The number of nitrogens with zero attached hydrogens (tertiary/aromatic N) is 3. The zero-order valence-corrected chi connectivity index (χ0v) is 8.87. The summed E-state index contributed by atoms with van der Waals surface area (Å²) in [4.78, 5) is 0. The van der Waals surface area contributed by atoms with Gasteiger partial charge in [-0.05, 0) is 31.9 Å². The Morgan fingerprint density at radius 2 is 2.27 bits per heavy atom. The predicted molar refractivity (Wildman–Crippen MR) is 46.4 cm³/mol. The molecule has 0 spiro atoms. The van der Waals surface area contributed by atoms with E-state index in [1.165, 1.54) is 0 Å². The number of aromatic nitrogens is 2. The number of nitriles is 1. The summed E-state index contributed by atoms with van der Waals surface area (Å²) in [6.45, 7) is 0. The Bertz CT molecular complexity index is 318. The lowest BCUT2D eigenvalue weighted by Gasteiger charge is -1.88. The highest BCUT2D eigenvalue weighted by atomic mass is 79.9. The molecule has 7 heteroatoms. The second-order valence-corrected chi connectivity index (χ2v) is 3.50. The van der Waals surface area contributed by atoms with E-state index in [-0.39, 0.29) is 17.9 Å². The van der Waals surface area contributed by atoms with Gasteiger partial charge in [0.15, 0.2) is 12.3 Å². The molecular formula is C4Br2FN3S. The molecular weight excluding hydrogens is 301 g/mol. The van der Waals surface area contributed by atoms with E-state index in [1.807, 2.05) is 6.07 Å². The lowest BCUT2D eigenvalue weighted by molar-refractivity contribution is 0.866. The molecule has 11 heavy (non-hydrogen) atoms. The summed E-state index contributed by atoms with van der Waals surface area (Å²) in [6, 6.07) is 1.86. The topological polar surface area (TPSA) is 41.6 Å². The quantitative estimate of drug-likeness (QED) is 0.801. The standard InChI is InChI=1S/C4Br2FN3S/c5-3-2(1-8)4(6)10(9-3)11-7.